The van der Waals surface area contributed by atoms with Crippen molar-refractivity contribution in [1.82, 2.24) is 0 Å². The fraction of sp³-hybridized carbons (Fsp3) is 0.400. The highest BCUT2D eigenvalue weighted by molar-refractivity contribution is 5.85. The van der Waals surface area contributed by atoms with E-state index < -0.39 is 12.3 Å². The van der Waals surface area contributed by atoms with Crippen LogP contribution in [-0.2, 0) is 14.3 Å². The van der Waals surface area contributed by atoms with Crippen LogP contribution < -0.4 is 0 Å². The fourth-order valence-electron chi connectivity index (χ4n) is 0.549. The van der Waals surface area contributed by atoms with Crippen LogP contribution in [0.2, 0.25) is 0 Å². The summed E-state index contributed by atoms with van der Waals surface area (Å²) in [6.07, 6.45) is -0.104. The quantitative estimate of drug-likeness (QED) is 0.481. The van der Waals surface area contributed by atoms with Gasteiger partial charge in [0.1, 0.15) is 0 Å². The first kappa shape index (κ1) is 6.10. The number of rotatable bonds is 1. The fourth-order valence-corrected chi connectivity index (χ4v) is 0.549. The maximum Gasteiger partial charge on any atom is 0.337 e. The molecule has 0 aromatic heterocycles. The third-order valence-electron chi connectivity index (χ3n) is 0.967. The molecule has 9 heavy (non-hydrogen) atoms. The molecule has 0 aliphatic carbocycles. The van der Waals surface area contributed by atoms with Crippen molar-refractivity contribution in [3.63, 3.8) is 0 Å². The van der Waals surface area contributed by atoms with E-state index in [9.17, 15) is 4.79 Å². The second kappa shape index (κ2) is 2.06. The first-order valence-electron chi connectivity index (χ1n) is 2.38. The molecule has 1 heterocycles. The van der Waals surface area contributed by atoms with Gasteiger partial charge in [-0.3, -0.25) is 0 Å². The predicted molar refractivity (Wildman–Crippen MR) is 27.2 cm³/mol. The minimum absolute atomic E-state index is 0.153. The van der Waals surface area contributed by atoms with Gasteiger partial charge in [-0.05, 0) is 0 Å². The van der Waals surface area contributed by atoms with Gasteiger partial charge in [0.25, 0.3) is 6.29 Å². The highest BCUT2D eigenvalue weighted by atomic mass is 16.7. The predicted octanol–water partition coefficient (Wildman–Crippen LogP) is -0.608. The summed E-state index contributed by atoms with van der Waals surface area (Å²) >= 11 is 0. The number of esters is 1. The number of methoxy groups -OCH3 is 1. The van der Waals surface area contributed by atoms with Gasteiger partial charge in [0.15, 0.2) is 5.76 Å². The van der Waals surface area contributed by atoms with Gasteiger partial charge in [-0.25, -0.2) is 4.79 Å². The second-order valence-electron chi connectivity index (χ2n) is 1.54. The molecule has 1 rings (SSSR count). The molecule has 0 spiro atoms. The normalized spacial score (nSPS) is 25.3. The molecule has 0 saturated carbocycles. The van der Waals surface area contributed by atoms with Crippen LogP contribution in [-0.4, -0.2) is 24.5 Å². The summed E-state index contributed by atoms with van der Waals surface area (Å²) in [4.78, 5) is 10.3. The zero-order valence-electron chi connectivity index (χ0n) is 4.83. The topological polar surface area (TPSA) is 55.8 Å². The van der Waals surface area contributed by atoms with Crippen LogP contribution in [0.5, 0.6) is 0 Å². The van der Waals surface area contributed by atoms with Crippen LogP contribution >= 0.6 is 0 Å². The Kier molecular flexibility index (Phi) is 1.40. The third-order valence-corrected chi connectivity index (χ3v) is 0.967. The lowest BCUT2D eigenvalue weighted by Gasteiger charge is -2.03. The lowest BCUT2D eigenvalue weighted by Crippen LogP contribution is -2.10. The van der Waals surface area contributed by atoms with Gasteiger partial charge < -0.3 is 14.6 Å². The number of carbonyl (C=O) groups is 1. The maximum atomic E-state index is 10.3. The lowest BCUT2D eigenvalue weighted by molar-refractivity contribution is -0.153. The monoisotopic (exact) mass is 130 g/mol. The molecular weight excluding hydrogens is 124 g/mol. The molecular formula is C5H6O4. The van der Waals surface area contributed by atoms with E-state index in [1.807, 2.05) is 0 Å². The number of hydrogen-bond acceptors (Lipinski definition) is 4. The first-order valence-corrected chi connectivity index (χ1v) is 2.38. The average Bonchev–Trinajstić information content (AvgIpc) is 2.10. The van der Waals surface area contributed by atoms with Crippen molar-refractivity contribution in [1.29, 1.82) is 0 Å². The number of aliphatic hydroxyl groups is 1. The lowest BCUT2D eigenvalue weighted by atomic mass is 10.5. The summed E-state index contributed by atoms with van der Waals surface area (Å²) in [6.45, 7) is 0. The molecule has 0 unspecified atom stereocenters. The minimum Gasteiger partial charge on any atom is -0.494 e. The van der Waals surface area contributed by atoms with E-state index in [1.165, 1.54) is 7.11 Å². The summed E-state index contributed by atoms with van der Waals surface area (Å²) < 4.78 is 8.82. The van der Waals surface area contributed by atoms with Gasteiger partial charge in [-0.1, -0.05) is 0 Å². The third kappa shape index (κ3) is 1.02. The molecule has 0 aromatic rings. The number of aliphatic hydroxyl groups excluding tert-OH is 1. The molecule has 0 amide bonds. The van der Waals surface area contributed by atoms with Crippen LogP contribution in [0.15, 0.2) is 11.8 Å². The number of carbonyl (C=O) groups excluding carboxylic acids is 1. The highest BCUT2D eigenvalue weighted by Crippen LogP contribution is 2.12. The molecule has 1 aliphatic heterocycles. The molecule has 0 aromatic carbocycles. The Bertz CT molecular complexity index is 160. The highest BCUT2D eigenvalue weighted by Gasteiger charge is 2.23. The Morgan fingerprint density at radius 1 is 1.89 bits per heavy atom. The molecule has 0 radical (unpaired) electrons. The Hall–Kier alpha value is -1.03. The van der Waals surface area contributed by atoms with Crippen molar-refractivity contribution in [3.8, 4) is 0 Å². The van der Waals surface area contributed by atoms with E-state index in [2.05, 4.69) is 9.47 Å². The Labute approximate surface area is 51.7 Å². The summed E-state index contributed by atoms with van der Waals surface area (Å²) in [5.41, 5.74) is 0. The summed E-state index contributed by atoms with van der Waals surface area (Å²) in [7, 11) is 1.36. The van der Waals surface area contributed by atoms with E-state index >= 15 is 0 Å². The smallest absolute Gasteiger partial charge is 0.337 e. The van der Waals surface area contributed by atoms with Crippen molar-refractivity contribution < 1.29 is 19.4 Å². The van der Waals surface area contributed by atoms with Crippen molar-refractivity contribution in [2.24, 2.45) is 0 Å². The molecule has 1 N–H and O–H groups in total. The van der Waals surface area contributed by atoms with Gasteiger partial charge in [0.05, 0.1) is 13.2 Å². The van der Waals surface area contributed by atoms with Gasteiger partial charge in [-0.2, -0.15) is 0 Å². The molecule has 1 aliphatic rings. The van der Waals surface area contributed by atoms with E-state index in [0.29, 0.717) is 0 Å². The van der Waals surface area contributed by atoms with Crippen LogP contribution in [0.3, 0.4) is 0 Å². The zero-order chi connectivity index (χ0) is 6.85. The molecule has 1 atom stereocenters. The van der Waals surface area contributed by atoms with E-state index in [-0.39, 0.29) is 5.76 Å². The second-order valence-corrected chi connectivity index (χ2v) is 1.54. The van der Waals surface area contributed by atoms with Crippen molar-refractivity contribution in [3.05, 3.63) is 11.8 Å². The van der Waals surface area contributed by atoms with Crippen molar-refractivity contribution in [2.45, 2.75) is 6.29 Å². The van der Waals surface area contributed by atoms with E-state index in [1.54, 1.807) is 0 Å². The van der Waals surface area contributed by atoms with Gasteiger partial charge in [-0.15, -0.1) is 0 Å². The number of hydrogen-bond donors (Lipinski definition) is 1. The van der Waals surface area contributed by atoms with E-state index in [4.69, 9.17) is 5.11 Å². The summed E-state index contributed by atoms with van der Waals surface area (Å²) in [6, 6.07) is 0. The van der Waals surface area contributed by atoms with Crippen LogP contribution in [0.1, 0.15) is 0 Å². The largest absolute Gasteiger partial charge is 0.494 e. The van der Waals surface area contributed by atoms with Gasteiger partial charge in [0, 0.05) is 0 Å². The van der Waals surface area contributed by atoms with Crippen LogP contribution in [0, 0.1) is 0 Å². The Morgan fingerprint density at radius 2 is 2.56 bits per heavy atom. The molecule has 0 saturated heterocycles. The standard InChI is InChI=1S/C5H6O4/c1-8-3-2-4(6)9-5(3)7/h2,5,7H,1H3/t5-/m1/s1. The molecule has 0 bridgehead atoms. The van der Waals surface area contributed by atoms with Crippen molar-refractivity contribution in [2.75, 3.05) is 7.11 Å². The Balaban J connectivity index is 2.68. The van der Waals surface area contributed by atoms with E-state index in [0.717, 1.165) is 6.08 Å². The van der Waals surface area contributed by atoms with Crippen LogP contribution in [0.4, 0.5) is 0 Å². The molecule has 50 valence electrons. The Morgan fingerprint density at radius 3 is 2.78 bits per heavy atom. The maximum absolute atomic E-state index is 10.3. The molecule has 0 fully saturated rings. The number of cyclic esters (lactones) is 1. The van der Waals surface area contributed by atoms with Crippen LogP contribution in [0.25, 0.3) is 0 Å². The SMILES string of the molecule is COC1=CC(=O)O[C@H]1O. The molecule has 4 nitrogen and oxygen atoms in total. The molecule has 4 heteroatoms. The van der Waals surface area contributed by atoms with Crippen molar-refractivity contribution >= 4 is 5.97 Å². The number of ether oxygens (including phenoxy) is 2. The minimum atomic E-state index is -1.21. The summed E-state index contributed by atoms with van der Waals surface area (Å²) in [5.74, 6) is -0.417. The van der Waals surface area contributed by atoms with Gasteiger partial charge >= 0.3 is 5.97 Å². The zero-order valence-corrected chi connectivity index (χ0v) is 4.83. The first-order chi connectivity index (χ1) is 4.24. The van der Waals surface area contributed by atoms with Gasteiger partial charge in [0.2, 0.25) is 0 Å². The summed E-state index contributed by atoms with van der Waals surface area (Å²) in [5, 5.41) is 8.72. The average molecular weight is 130 g/mol.